The number of nitrogens with one attached hydrogen (secondary N) is 1. The van der Waals surface area contributed by atoms with Gasteiger partial charge in [0.2, 0.25) is 10.0 Å². The van der Waals surface area contributed by atoms with Crippen LogP contribution in [0.15, 0.2) is 24.3 Å². The van der Waals surface area contributed by atoms with Crippen LogP contribution in [-0.2, 0) is 14.8 Å². The lowest BCUT2D eigenvalue weighted by molar-refractivity contribution is 0.0172. The highest BCUT2D eigenvalue weighted by atomic mass is 32.2. The highest BCUT2D eigenvalue weighted by Gasteiger charge is 2.24. The van der Waals surface area contributed by atoms with Crippen molar-refractivity contribution in [1.82, 2.24) is 9.62 Å². The lowest BCUT2D eigenvalue weighted by Gasteiger charge is -2.35. The van der Waals surface area contributed by atoms with Crippen LogP contribution in [0, 0.1) is 0 Å². The Bertz CT molecular complexity index is 583. The van der Waals surface area contributed by atoms with Crippen molar-refractivity contribution in [2.75, 3.05) is 45.7 Å². The molecule has 0 aliphatic carbocycles. The second-order valence-electron chi connectivity index (χ2n) is 5.96. The van der Waals surface area contributed by atoms with Gasteiger partial charge in [0.05, 0.1) is 26.1 Å². The van der Waals surface area contributed by atoms with Gasteiger partial charge >= 0.3 is 0 Å². The molecule has 0 radical (unpaired) electrons. The number of unbranched alkanes of at least 4 members (excludes halogenated alkanes) is 1. The molecule has 1 saturated heterocycles. The number of hydrogen-bond acceptors (Lipinski definition) is 5. The zero-order chi connectivity index (χ0) is 17.4. The number of morpholine rings is 1. The van der Waals surface area contributed by atoms with Crippen molar-refractivity contribution >= 4 is 10.0 Å². The van der Waals surface area contributed by atoms with Crippen LogP contribution < -0.4 is 9.46 Å². The van der Waals surface area contributed by atoms with Gasteiger partial charge in [-0.3, -0.25) is 4.90 Å². The fraction of sp³-hybridized carbons (Fsp3) is 0.647. The number of ether oxygens (including phenoxy) is 2. The van der Waals surface area contributed by atoms with Crippen LogP contribution in [0.1, 0.15) is 31.4 Å². The zero-order valence-electron chi connectivity index (χ0n) is 14.5. The first kappa shape index (κ1) is 19.2. The Morgan fingerprint density at radius 1 is 1.25 bits per heavy atom. The molecular weight excluding hydrogens is 328 g/mol. The second kappa shape index (κ2) is 9.36. The Morgan fingerprint density at radius 2 is 1.92 bits per heavy atom. The largest absolute Gasteiger partial charge is 0.497 e. The molecule has 0 aromatic heterocycles. The molecular formula is C17H28N2O4S. The minimum absolute atomic E-state index is 0.00351. The van der Waals surface area contributed by atoms with E-state index in [0.29, 0.717) is 26.2 Å². The highest BCUT2D eigenvalue weighted by Crippen LogP contribution is 2.24. The quantitative estimate of drug-likeness (QED) is 0.731. The summed E-state index contributed by atoms with van der Waals surface area (Å²) in [6, 6.07) is 7.82. The number of rotatable bonds is 9. The third kappa shape index (κ3) is 5.73. The molecule has 0 saturated carbocycles. The molecule has 0 bridgehead atoms. The zero-order valence-corrected chi connectivity index (χ0v) is 15.3. The van der Waals surface area contributed by atoms with Crippen LogP contribution in [0.3, 0.4) is 0 Å². The van der Waals surface area contributed by atoms with Gasteiger partial charge in [-0.1, -0.05) is 25.5 Å². The number of nitrogens with zero attached hydrogens (tertiary/aromatic N) is 1. The maximum absolute atomic E-state index is 12.1. The summed E-state index contributed by atoms with van der Waals surface area (Å²) in [6.45, 7) is 5.31. The van der Waals surface area contributed by atoms with Crippen LogP contribution in [0.25, 0.3) is 0 Å². The molecule has 1 aromatic carbocycles. The predicted octanol–water partition coefficient (Wildman–Crippen LogP) is 1.79. The third-order valence-corrected chi connectivity index (χ3v) is 5.68. The fourth-order valence-electron chi connectivity index (χ4n) is 2.79. The molecule has 1 fully saturated rings. The van der Waals surface area contributed by atoms with Gasteiger partial charge in [-0.25, -0.2) is 13.1 Å². The average molecular weight is 356 g/mol. The van der Waals surface area contributed by atoms with Gasteiger partial charge in [-0.05, 0) is 24.1 Å². The van der Waals surface area contributed by atoms with E-state index >= 15 is 0 Å². The summed E-state index contributed by atoms with van der Waals surface area (Å²) < 4.78 is 37.7. The van der Waals surface area contributed by atoms with E-state index in [9.17, 15) is 8.42 Å². The van der Waals surface area contributed by atoms with Crippen LogP contribution in [0.4, 0.5) is 0 Å². The van der Waals surface area contributed by atoms with Crippen molar-refractivity contribution in [3.05, 3.63) is 29.8 Å². The van der Waals surface area contributed by atoms with E-state index in [1.165, 1.54) is 0 Å². The SMILES string of the molecule is CCCCS(=O)(=O)NCC(c1ccc(OC)cc1)N1CCOCC1. The van der Waals surface area contributed by atoms with Gasteiger partial charge in [0.25, 0.3) is 0 Å². The van der Waals surface area contributed by atoms with Crippen LogP contribution in [0.2, 0.25) is 0 Å². The van der Waals surface area contributed by atoms with Crippen molar-refractivity contribution in [3.63, 3.8) is 0 Å². The van der Waals surface area contributed by atoms with Crippen molar-refractivity contribution in [2.45, 2.75) is 25.8 Å². The number of sulfonamides is 1. The lowest BCUT2D eigenvalue weighted by atomic mass is 10.0. The maximum atomic E-state index is 12.1. The summed E-state index contributed by atoms with van der Waals surface area (Å²) >= 11 is 0. The van der Waals surface area contributed by atoms with E-state index in [2.05, 4.69) is 9.62 Å². The van der Waals surface area contributed by atoms with E-state index in [1.807, 2.05) is 31.2 Å². The maximum Gasteiger partial charge on any atom is 0.211 e. The molecule has 2 rings (SSSR count). The first-order valence-electron chi connectivity index (χ1n) is 8.49. The van der Waals surface area contributed by atoms with Crippen molar-refractivity contribution < 1.29 is 17.9 Å². The third-order valence-electron chi connectivity index (χ3n) is 4.25. The van der Waals surface area contributed by atoms with Gasteiger partial charge in [-0.15, -0.1) is 0 Å². The summed E-state index contributed by atoms with van der Waals surface area (Å²) in [7, 11) is -1.60. The summed E-state index contributed by atoms with van der Waals surface area (Å²) in [5.41, 5.74) is 1.08. The number of benzene rings is 1. The summed E-state index contributed by atoms with van der Waals surface area (Å²) in [6.07, 6.45) is 1.55. The van der Waals surface area contributed by atoms with Crippen LogP contribution in [0.5, 0.6) is 5.75 Å². The predicted molar refractivity (Wildman–Crippen MR) is 94.8 cm³/mol. The molecule has 1 aromatic rings. The van der Waals surface area contributed by atoms with Crippen molar-refractivity contribution in [2.24, 2.45) is 0 Å². The molecule has 136 valence electrons. The van der Waals surface area contributed by atoms with Gasteiger partial charge in [0.1, 0.15) is 5.75 Å². The van der Waals surface area contributed by atoms with E-state index in [0.717, 1.165) is 30.8 Å². The van der Waals surface area contributed by atoms with Gasteiger partial charge in [0, 0.05) is 25.7 Å². The van der Waals surface area contributed by atoms with Gasteiger partial charge in [-0.2, -0.15) is 0 Å². The monoisotopic (exact) mass is 356 g/mol. The Hall–Kier alpha value is -1.15. The smallest absolute Gasteiger partial charge is 0.211 e. The van der Waals surface area contributed by atoms with E-state index < -0.39 is 10.0 Å². The average Bonchev–Trinajstić information content (AvgIpc) is 2.61. The fourth-order valence-corrected chi connectivity index (χ4v) is 4.01. The Kier molecular flexibility index (Phi) is 7.48. The number of methoxy groups -OCH3 is 1. The van der Waals surface area contributed by atoms with E-state index in [4.69, 9.17) is 9.47 Å². The first-order valence-corrected chi connectivity index (χ1v) is 10.1. The van der Waals surface area contributed by atoms with Crippen LogP contribution in [-0.4, -0.2) is 59.0 Å². The molecule has 0 amide bonds. The summed E-state index contributed by atoms with van der Waals surface area (Å²) in [4.78, 5) is 2.27. The van der Waals surface area contributed by atoms with Crippen LogP contribution >= 0.6 is 0 Å². The normalized spacial score (nSPS) is 17.6. The van der Waals surface area contributed by atoms with Gasteiger partial charge in [0.15, 0.2) is 0 Å². The summed E-state index contributed by atoms with van der Waals surface area (Å²) in [5.74, 6) is 0.977. The molecule has 1 atom stereocenters. The molecule has 24 heavy (non-hydrogen) atoms. The standard InChI is InChI=1S/C17H28N2O4S/c1-3-4-13-24(20,21)18-14-17(19-9-11-23-12-10-19)15-5-7-16(22-2)8-6-15/h5-8,17-18H,3-4,9-14H2,1-2H3. The van der Waals surface area contributed by atoms with E-state index in [1.54, 1.807) is 7.11 Å². The van der Waals surface area contributed by atoms with Crippen molar-refractivity contribution in [1.29, 1.82) is 0 Å². The van der Waals surface area contributed by atoms with E-state index in [-0.39, 0.29) is 11.8 Å². The minimum atomic E-state index is -3.23. The first-order chi connectivity index (χ1) is 11.6. The Balaban J connectivity index is 2.10. The van der Waals surface area contributed by atoms with Crippen molar-refractivity contribution in [3.8, 4) is 5.75 Å². The Labute approximate surface area is 145 Å². The Morgan fingerprint density at radius 3 is 2.50 bits per heavy atom. The minimum Gasteiger partial charge on any atom is -0.497 e. The topological polar surface area (TPSA) is 67.9 Å². The lowest BCUT2D eigenvalue weighted by Crippen LogP contribution is -2.44. The molecule has 1 N–H and O–H groups in total. The molecule has 6 nitrogen and oxygen atoms in total. The molecule has 1 aliphatic heterocycles. The summed E-state index contributed by atoms with van der Waals surface area (Å²) in [5, 5.41) is 0. The molecule has 1 heterocycles. The number of hydrogen-bond donors (Lipinski definition) is 1. The second-order valence-corrected chi connectivity index (χ2v) is 7.88. The van der Waals surface area contributed by atoms with Gasteiger partial charge < -0.3 is 9.47 Å². The molecule has 7 heteroatoms. The molecule has 0 spiro atoms. The molecule has 1 unspecified atom stereocenters. The highest BCUT2D eigenvalue weighted by molar-refractivity contribution is 7.89. The molecule has 1 aliphatic rings.